The largest absolute Gasteiger partial charge is 0.399 e. The van der Waals surface area contributed by atoms with Gasteiger partial charge >= 0.3 is 0 Å². The van der Waals surface area contributed by atoms with Crippen molar-refractivity contribution in [2.24, 2.45) is 0 Å². The predicted molar refractivity (Wildman–Crippen MR) is 77.2 cm³/mol. The number of nitrogens with two attached hydrogens (primary N) is 1. The van der Waals surface area contributed by atoms with Crippen molar-refractivity contribution in [3.8, 4) is 22.8 Å². The number of benzene rings is 2. The second kappa shape index (κ2) is 5.05. The van der Waals surface area contributed by atoms with Gasteiger partial charge in [0.15, 0.2) is 0 Å². The van der Waals surface area contributed by atoms with Crippen molar-refractivity contribution in [2.45, 2.75) is 0 Å². The Bertz CT molecular complexity index is 755. The first-order valence-electron chi connectivity index (χ1n) is 5.79. The first-order chi connectivity index (χ1) is 9.65. The molecule has 4 nitrogen and oxygen atoms in total. The molecule has 2 N–H and O–H groups in total. The summed E-state index contributed by atoms with van der Waals surface area (Å²) in [5.41, 5.74) is 7.58. The zero-order chi connectivity index (χ0) is 14.1. The molecule has 0 aliphatic rings. The number of hydrogen-bond acceptors (Lipinski definition) is 4. The molecule has 0 radical (unpaired) electrons. The third kappa shape index (κ3) is 2.30. The van der Waals surface area contributed by atoms with Crippen LogP contribution in [0.15, 0.2) is 51.5 Å². The Morgan fingerprint density at radius 3 is 2.60 bits per heavy atom. The minimum absolute atomic E-state index is 0.253. The molecule has 0 atom stereocenters. The highest BCUT2D eigenvalue weighted by molar-refractivity contribution is 9.10. The van der Waals surface area contributed by atoms with Crippen molar-refractivity contribution < 1.29 is 8.91 Å². The Balaban J connectivity index is 2.02. The Morgan fingerprint density at radius 2 is 1.85 bits per heavy atom. The number of anilines is 1. The maximum absolute atomic E-state index is 13.5. The van der Waals surface area contributed by atoms with E-state index in [2.05, 4.69) is 26.1 Å². The molecule has 100 valence electrons. The highest BCUT2D eigenvalue weighted by atomic mass is 79.9. The monoisotopic (exact) mass is 333 g/mol. The standard InChI is InChI=1S/C14H9BrFN3O/c15-12-10(2-1-3-11(12)16)14-18-13(19-20-14)8-4-6-9(17)7-5-8/h1-7H,17H2. The summed E-state index contributed by atoms with van der Waals surface area (Å²) < 4.78 is 19.0. The van der Waals surface area contributed by atoms with E-state index < -0.39 is 0 Å². The summed E-state index contributed by atoms with van der Waals surface area (Å²) >= 11 is 3.17. The maximum Gasteiger partial charge on any atom is 0.259 e. The zero-order valence-electron chi connectivity index (χ0n) is 10.2. The summed E-state index contributed by atoms with van der Waals surface area (Å²) in [6, 6.07) is 11.7. The van der Waals surface area contributed by atoms with Gasteiger partial charge in [0.1, 0.15) is 5.82 Å². The van der Waals surface area contributed by atoms with Crippen LogP contribution in [0.25, 0.3) is 22.8 Å². The van der Waals surface area contributed by atoms with E-state index in [1.807, 2.05) is 0 Å². The summed E-state index contributed by atoms with van der Waals surface area (Å²) in [4.78, 5) is 4.27. The summed E-state index contributed by atoms with van der Waals surface area (Å²) in [6.07, 6.45) is 0. The summed E-state index contributed by atoms with van der Waals surface area (Å²) in [6.45, 7) is 0. The van der Waals surface area contributed by atoms with Crippen LogP contribution in [0.2, 0.25) is 0 Å². The molecule has 0 unspecified atom stereocenters. The first kappa shape index (κ1) is 12.8. The van der Waals surface area contributed by atoms with Gasteiger partial charge in [0.05, 0.1) is 10.0 Å². The fourth-order valence-electron chi connectivity index (χ4n) is 1.75. The van der Waals surface area contributed by atoms with E-state index in [1.165, 1.54) is 6.07 Å². The lowest BCUT2D eigenvalue weighted by Gasteiger charge is -1.99. The van der Waals surface area contributed by atoms with Crippen molar-refractivity contribution in [1.29, 1.82) is 0 Å². The SMILES string of the molecule is Nc1ccc(-c2noc(-c3cccc(F)c3Br)n2)cc1. The molecule has 0 saturated heterocycles. The van der Waals surface area contributed by atoms with Gasteiger partial charge in [0.25, 0.3) is 5.89 Å². The number of halogens is 2. The lowest BCUT2D eigenvalue weighted by atomic mass is 10.2. The van der Waals surface area contributed by atoms with Gasteiger partial charge in [0, 0.05) is 11.3 Å². The molecule has 0 saturated carbocycles. The summed E-state index contributed by atoms with van der Waals surface area (Å²) in [5.74, 6) is 0.300. The van der Waals surface area contributed by atoms with Crippen molar-refractivity contribution in [2.75, 3.05) is 5.73 Å². The molecule has 6 heteroatoms. The van der Waals surface area contributed by atoms with Gasteiger partial charge in [0.2, 0.25) is 5.82 Å². The van der Waals surface area contributed by atoms with E-state index in [1.54, 1.807) is 36.4 Å². The van der Waals surface area contributed by atoms with E-state index in [-0.39, 0.29) is 11.7 Å². The molecule has 0 aliphatic heterocycles. The fraction of sp³-hybridized carbons (Fsp3) is 0. The van der Waals surface area contributed by atoms with Gasteiger partial charge in [-0.15, -0.1) is 0 Å². The van der Waals surface area contributed by atoms with Gasteiger partial charge < -0.3 is 10.3 Å². The summed E-state index contributed by atoms with van der Waals surface area (Å²) in [7, 11) is 0. The van der Waals surface area contributed by atoms with Crippen molar-refractivity contribution in [3.05, 3.63) is 52.8 Å². The molecule has 3 rings (SSSR count). The van der Waals surface area contributed by atoms with Gasteiger partial charge in [-0.2, -0.15) is 4.98 Å². The molecule has 2 aromatic carbocycles. The molecule has 1 aromatic heterocycles. The van der Waals surface area contributed by atoms with E-state index in [9.17, 15) is 4.39 Å². The molecule has 1 heterocycles. The minimum atomic E-state index is -0.380. The minimum Gasteiger partial charge on any atom is -0.399 e. The Morgan fingerprint density at radius 1 is 1.10 bits per heavy atom. The van der Waals surface area contributed by atoms with E-state index in [0.717, 1.165) is 5.56 Å². The fourth-order valence-corrected chi connectivity index (χ4v) is 2.19. The zero-order valence-corrected chi connectivity index (χ0v) is 11.8. The molecule has 0 spiro atoms. The van der Waals surface area contributed by atoms with Gasteiger partial charge in [-0.3, -0.25) is 0 Å². The van der Waals surface area contributed by atoms with Crippen LogP contribution in [0.4, 0.5) is 10.1 Å². The Hall–Kier alpha value is -2.21. The van der Waals surface area contributed by atoms with Crippen LogP contribution >= 0.6 is 15.9 Å². The van der Waals surface area contributed by atoms with E-state index >= 15 is 0 Å². The average Bonchev–Trinajstić information content (AvgIpc) is 2.92. The summed E-state index contributed by atoms with van der Waals surface area (Å²) in [5, 5.41) is 3.89. The van der Waals surface area contributed by atoms with E-state index in [0.29, 0.717) is 21.5 Å². The van der Waals surface area contributed by atoms with Crippen LogP contribution in [0.3, 0.4) is 0 Å². The van der Waals surface area contributed by atoms with Crippen LogP contribution in [0, 0.1) is 5.82 Å². The normalized spacial score (nSPS) is 10.7. The topological polar surface area (TPSA) is 64.9 Å². The number of nitrogen functional groups attached to an aromatic ring is 1. The highest BCUT2D eigenvalue weighted by Crippen LogP contribution is 2.30. The number of nitrogens with zero attached hydrogens (tertiary/aromatic N) is 2. The van der Waals surface area contributed by atoms with Gasteiger partial charge in [-0.1, -0.05) is 11.2 Å². The lowest BCUT2D eigenvalue weighted by Crippen LogP contribution is -1.86. The quantitative estimate of drug-likeness (QED) is 0.722. The molecule has 0 bridgehead atoms. The Kier molecular flexibility index (Phi) is 3.23. The number of rotatable bonds is 2. The van der Waals surface area contributed by atoms with Crippen LogP contribution in [-0.4, -0.2) is 10.1 Å². The van der Waals surface area contributed by atoms with E-state index in [4.69, 9.17) is 10.3 Å². The molecule has 0 fully saturated rings. The first-order valence-corrected chi connectivity index (χ1v) is 6.58. The molecule has 3 aromatic rings. The number of hydrogen-bond donors (Lipinski definition) is 1. The van der Waals surface area contributed by atoms with Gasteiger partial charge in [-0.25, -0.2) is 4.39 Å². The molecular formula is C14H9BrFN3O. The van der Waals surface area contributed by atoms with Crippen LogP contribution in [-0.2, 0) is 0 Å². The van der Waals surface area contributed by atoms with Crippen LogP contribution in [0.1, 0.15) is 0 Å². The smallest absolute Gasteiger partial charge is 0.259 e. The molecule has 0 aliphatic carbocycles. The number of aromatic nitrogens is 2. The maximum atomic E-state index is 13.5. The molecular weight excluding hydrogens is 325 g/mol. The van der Waals surface area contributed by atoms with Crippen molar-refractivity contribution >= 4 is 21.6 Å². The van der Waals surface area contributed by atoms with Crippen LogP contribution in [0.5, 0.6) is 0 Å². The lowest BCUT2D eigenvalue weighted by molar-refractivity contribution is 0.431. The third-order valence-corrected chi connectivity index (χ3v) is 3.58. The average molecular weight is 334 g/mol. The highest BCUT2D eigenvalue weighted by Gasteiger charge is 2.15. The van der Waals surface area contributed by atoms with Crippen molar-refractivity contribution in [1.82, 2.24) is 10.1 Å². The second-order valence-corrected chi connectivity index (χ2v) is 4.94. The van der Waals surface area contributed by atoms with Crippen LogP contribution < -0.4 is 5.73 Å². The predicted octanol–water partition coefficient (Wildman–Crippen LogP) is 3.89. The van der Waals surface area contributed by atoms with Crippen molar-refractivity contribution in [3.63, 3.8) is 0 Å². The third-order valence-electron chi connectivity index (χ3n) is 2.78. The Labute approximate surface area is 122 Å². The second-order valence-electron chi connectivity index (χ2n) is 4.15. The molecule has 20 heavy (non-hydrogen) atoms. The van der Waals surface area contributed by atoms with Gasteiger partial charge in [-0.05, 0) is 52.3 Å². The molecule has 0 amide bonds.